The summed E-state index contributed by atoms with van der Waals surface area (Å²) >= 11 is 5.85. The average Bonchev–Trinajstić information content (AvgIpc) is 2.37. The van der Waals surface area contributed by atoms with Crippen LogP contribution in [0, 0.1) is 16.0 Å². The smallest absolute Gasteiger partial charge is 0.288 e. The summed E-state index contributed by atoms with van der Waals surface area (Å²) in [4.78, 5) is 22.0. The van der Waals surface area contributed by atoms with Gasteiger partial charge in [0.2, 0.25) is 0 Å². The van der Waals surface area contributed by atoms with Crippen LogP contribution >= 0.6 is 11.6 Å². The summed E-state index contributed by atoms with van der Waals surface area (Å²) in [6.45, 7) is 5.39. The van der Waals surface area contributed by atoms with Gasteiger partial charge in [-0.3, -0.25) is 14.9 Å². The molecule has 0 fully saturated rings. The number of rotatable bonds is 7. The van der Waals surface area contributed by atoms with E-state index < -0.39 is 10.8 Å². The number of benzene rings is 1. The summed E-state index contributed by atoms with van der Waals surface area (Å²) in [5, 5.41) is 13.2. The molecule has 0 aliphatic carbocycles. The zero-order valence-corrected chi connectivity index (χ0v) is 12.1. The van der Waals surface area contributed by atoms with E-state index in [0.717, 1.165) is 0 Å². The van der Waals surface area contributed by atoms with Gasteiger partial charge < -0.3 is 10.1 Å². The quantitative estimate of drug-likeness (QED) is 0.477. The van der Waals surface area contributed by atoms with Gasteiger partial charge in [0.25, 0.3) is 11.6 Å². The highest BCUT2D eigenvalue weighted by Gasteiger charge is 2.19. The van der Waals surface area contributed by atoms with E-state index in [0.29, 0.717) is 25.7 Å². The van der Waals surface area contributed by atoms with Crippen LogP contribution in [0.4, 0.5) is 5.69 Å². The SMILES string of the molecule is CC(C)COCCNC(=O)c1cccc([N+](=O)[O-])c1Cl. The normalized spacial score (nSPS) is 10.6. The van der Waals surface area contributed by atoms with Crippen molar-refractivity contribution < 1.29 is 14.5 Å². The van der Waals surface area contributed by atoms with E-state index in [1.807, 2.05) is 13.8 Å². The lowest BCUT2D eigenvalue weighted by Gasteiger charge is -2.09. The van der Waals surface area contributed by atoms with Crippen molar-refractivity contribution in [1.29, 1.82) is 0 Å². The second kappa shape index (κ2) is 7.81. The summed E-state index contributed by atoms with van der Waals surface area (Å²) < 4.78 is 5.32. The summed E-state index contributed by atoms with van der Waals surface area (Å²) in [7, 11) is 0. The van der Waals surface area contributed by atoms with Gasteiger partial charge in [-0.15, -0.1) is 0 Å². The molecule has 1 aromatic rings. The van der Waals surface area contributed by atoms with Gasteiger partial charge in [0.15, 0.2) is 0 Å². The highest BCUT2D eigenvalue weighted by molar-refractivity contribution is 6.35. The average molecular weight is 301 g/mol. The van der Waals surface area contributed by atoms with Gasteiger partial charge >= 0.3 is 0 Å². The fourth-order valence-corrected chi connectivity index (χ4v) is 1.77. The predicted molar refractivity (Wildman–Crippen MR) is 76.1 cm³/mol. The van der Waals surface area contributed by atoms with E-state index >= 15 is 0 Å². The van der Waals surface area contributed by atoms with E-state index in [1.165, 1.54) is 18.2 Å². The van der Waals surface area contributed by atoms with Crippen LogP contribution in [0.2, 0.25) is 5.02 Å². The van der Waals surface area contributed by atoms with Crippen molar-refractivity contribution in [1.82, 2.24) is 5.32 Å². The molecule has 0 aromatic heterocycles. The van der Waals surface area contributed by atoms with Crippen LogP contribution in [0.3, 0.4) is 0 Å². The molecule has 1 amide bonds. The molecule has 0 aliphatic rings. The lowest BCUT2D eigenvalue weighted by atomic mass is 10.2. The van der Waals surface area contributed by atoms with Crippen LogP contribution in [0.15, 0.2) is 18.2 Å². The maximum absolute atomic E-state index is 11.9. The molecule has 0 bridgehead atoms. The van der Waals surface area contributed by atoms with Gasteiger partial charge in [0.1, 0.15) is 5.02 Å². The van der Waals surface area contributed by atoms with E-state index in [1.54, 1.807) is 0 Å². The molecular weight excluding hydrogens is 284 g/mol. The van der Waals surface area contributed by atoms with Crippen LogP contribution < -0.4 is 5.32 Å². The van der Waals surface area contributed by atoms with Crippen molar-refractivity contribution >= 4 is 23.2 Å². The number of halogens is 1. The Bertz CT molecular complexity index is 491. The minimum Gasteiger partial charge on any atom is -0.379 e. The van der Waals surface area contributed by atoms with Crippen molar-refractivity contribution in [3.8, 4) is 0 Å². The molecule has 0 radical (unpaired) electrons. The topological polar surface area (TPSA) is 81.5 Å². The third kappa shape index (κ3) is 4.79. The van der Waals surface area contributed by atoms with Crippen LogP contribution in [0.25, 0.3) is 0 Å². The fourth-order valence-electron chi connectivity index (χ4n) is 1.49. The summed E-state index contributed by atoms with van der Waals surface area (Å²) in [5.41, 5.74) is -0.194. The molecule has 1 rings (SSSR count). The van der Waals surface area contributed by atoms with Crippen molar-refractivity contribution in [3.63, 3.8) is 0 Å². The highest BCUT2D eigenvalue weighted by atomic mass is 35.5. The number of carbonyl (C=O) groups excluding carboxylic acids is 1. The minimum atomic E-state index is -0.620. The van der Waals surface area contributed by atoms with Crippen molar-refractivity contribution in [3.05, 3.63) is 38.9 Å². The number of carbonyl (C=O) groups is 1. The molecule has 1 N–H and O–H groups in total. The molecular formula is C13H17ClN2O4. The number of nitro benzene ring substituents is 1. The van der Waals surface area contributed by atoms with E-state index in [4.69, 9.17) is 16.3 Å². The third-order valence-electron chi connectivity index (χ3n) is 2.40. The van der Waals surface area contributed by atoms with E-state index in [-0.39, 0.29) is 16.3 Å². The fraction of sp³-hybridized carbons (Fsp3) is 0.462. The van der Waals surface area contributed by atoms with Gasteiger partial charge in [-0.05, 0) is 12.0 Å². The number of hydrogen-bond donors (Lipinski definition) is 1. The number of ether oxygens (including phenoxy) is 1. The molecule has 0 saturated carbocycles. The van der Waals surface area contributed by atoms with Crippen molar-refractivity contribution in [2.45, 2.75) is 13.8 Å². The molecule has 20 heavy (non-hydrogen) atoms. The Kier molecular flexibility index (Phi) is 6.41. The highest BCUT2D eigenvalue weighted by Crippen LogP contribution is 2.27. The van der Waals surface area contributed by atoms with Crippen molar-refractivity contribution in [2.24, 2.45) is 5.92 Å². The third-order valence-corrected chi connectivity index (χ3v) is 2.80. The van der Waals surface area contributed by atoms with Gasteiger partial charge in [-0.1, -0.05) is 31.5 Å². The standard InChI is InChI=1S/C13H17ClN2O4/c1-9(2)8-20-7-6-15-13(17)10-4-3-5-11(12(10)14)16(18)19/h3-5,9H,6-8H2,1-2H3,(H,15,17). The van der Waals surface area contributed by atoms with Crippen LogP contribution in [-0.4, -0.2) is 30.6 Å². The van der Waals surface area contributed by atoms with Gasteiger partial charge in [0, 0.05) is 19.2 Å². The molecule has 110 valence electrons. The zero-order chi connectivity index (χ0) is 15.1. The lowest BCUT2D eigenvalue weighted by Crippen LogP contribution is -2.28. The summed E-state index contributed by atoms with van der Waals surface area (Å²) in [6, 6.07) is 4.12. The molecule has 0 heterocycles. The Morgan fingerprint density at radius 3 is 2.80 bits per heavy atom. The molecule has 6 nitrogen and oxygen atoms in total. The van der Waals surface area contributed by atoms with Crippen LogP contribution in [0.5, 0.6) is 0 Å². The van der Waals surface area contributed by atoms with E-state index in [2.05, 4.69) is 5.32 Å². The Balaban J connectivity index is 2.56. The maximum Gasteiger partial charge on any atom is 0.288 e. The van der Waals surface area contributed by atoms with E-state index in [9.17, 15) is 14.9 Å². The second-order valence-electron chi connectivity index (χ2n) is 4.62. The summed E-state index contributed by atoms with van der Waals surface area (Å²) in [6.07, 6.45) is 0. The first kappa shape index (κ1) is 16.4. The predicted octanol–water partition coefficient (Wildman–Crippen LogP) is 2.65. The Morgan fingerprint density at radius 2 is 2.20 bits per heavy atom. The molecule has 7 heteroatoms. The Labute approximate surface area is 122 Å². The monoisotopic (exact) mass is 300 g/mol. The number of nitrogens with one attached hydrogen (secondary N) is 1. The van der Waals surface area contributed by atoms with Gasteiger partial charge in [-0.2, -0.15) is 0 Å². The number of hydrogen-bond acceptors (Lipinski definition) is 4. The van der Waals surface area contributed by atoms with Crippen LogP contribution in [0.1, 0.15) is 24.2 Å². The first-order chi connectivity index (χ1) is 9.43. The van der Waals surface area contributed by atoms with Crippen LogP contribution in [-0.2, 0) is 4.74 Å². The number of amides is 1. The molecule has 0 atom stereocenters. The maximum atomic E-state index is 11.9. The van der Waals surface area contributed by atoms with Gasteiger partial charge in [-0.25, -0.2) is 0 Å². The second-order valence-corrected chi connectivity index (χ2v) is 5.00. The molecule has 0 aliphatic heterocycles. The summed E-state index contributed by atoms with van der Waals surface area (Å²) in [5.74, 6) is -0.0243. The largest absolute Gasteiger partial charge is 0.379 e. The van der Waals surface area contributed by atoms with Crippen molar-refractivity contribution in [2.75, 3.05) is 19.8 Å². The molecule has 0 saturated heterocycles. The molecule has 0 spiro atoms. The Hall–Kier alpha value is -1.66. The molecule has 0 unspecified atom stereocenters. The first-order valence-electron chi connectivity index (χ1n) is 6.22. The lowest BCUT2D eigenvalue weighted by molar-refractivity contribution is -0.384. The number of nitrogens with zero attached hydrogens (tertiary/aromatic N) is 1. The Morgan fingerprint density at radius 1 is 1.50 bits per heavy atom. The first-order valence-corrected chi connectivity index (χ1v) is 6.60. The number of nitro groups is 1. The molecule has 1 aromatic carbocycles. The van der Waals surface area contributed by atoms with Gasteiger partial charge in [0.05, 0.1) is 17.1 Å². The zero-order valence-electron chi connectivity index (χ0n) is 11.4. The minimum absolute atomic E-state index is 0.0877.